The number of benzene rings is 1. The Morgan fingerprint density at radius 1 is 1.21 bits per heavy atom. The Labute approximate surface area is 196 Å². The van der Waals surface area contributed by atoms with E-state index in [0.717, 1.165) is 43.8 Å². The van der Waals surface area contributed by atoms with Gasteiger partial charge in [-0.2, -0.15) is 0 Å². The van der Waals surface area contributed by atoms with Crippen molar-refractivity contribution in [1.82, 2.24) is 10.6 Å². The van der Waals surface area contributed by atoms with E-state index in [1.165, 1.54) is 17.7 Å². The van der Waals surface area contributed by atoms with Crippen LogP contribution in [0.15, 0.2) is 24.3 Å². The van der Waals surface area contributed by atoms with Crippen molar-refractivity contribution in [2.75, 3.05) is 31.1 Å². The van der Waals surface area contributed by atoms with Crippen LogP contribution in [0.2, 0.25) is 0 Å². The molecule has 0 radical (unpaired) electrons. The van der Waals surface area contributed by atoms with Crippen LogP contribution >= 0.6 is 0 Å². The third kappa shape index (κ3) is 7.27. The lowest BCUT2D eigenvalue weighted by atomic mass is 9.91. The summed E-state index contributed by atoms with van der Waals surface area (Å²) in [6.07, 6.45) is 7.20. The number of carbonyl (C=O) groups excluding carboxylic acids is 2. The van der Waals surface area contributed by atoms with Gasteiger partial charge in [-0.25, -0.2) is 0 Å². The zero-order valence-corrected chi connectivity index (χ0v) is 19.6. The third-order valence-electron chi connectivity index (χ3n) is 6.63. The molecule has 2 heterocycles. The number of hydrogen-bond acceptors (Lipinski definition) is 6. The molecule has 1 amide bonds. The first-order valence-electron chi connectivity index (χ1n) is 12.2. The molecule has 8 nitrogen and oxygen atoms in total. The number of nitrogens with zero attached hydrogens (tertiary/aromatic N) is 1. The Morgan fingerprint density at radius 2 is 1.97 bits per heavy atom. The number of carbonyl (C=O) groups is 3. The molecule has 182 valence electrons. The fourth-order valence-electron chi connectivity index (χ4n) is 4.88. The average Bonchev–Trinajstić information content (AvgIpc) is 2.93. The van der Waals surface area contributed by atoms with Crippen LogP contribution in [0.25, 0.3) is 0 Å². The molecular formula is C25H37N3O5. The smallest absolute Gasteiger partial charge is 0.323 e. The SMILES string of the molecule is CCOC(=O)C(CCCCC1CCNCC1)NC1CCc2ccccc2N(CC(=O)O)C1=O. The summed E-state index contributed by atoms with van der Waals surface area (Å²) in [6.45, 7) is 3.80. The quantitative estimate of drug-likeness (QED) is 0.345. The molecule has 1 saturated heterocycles. The first kappa shape index (κ1) is 25.2. The highest BCUT2D eigenvalue weighted by Crippen LogP contribution is 2.27. The van der Waals surface area contributed by atoms with Gasteiger partial charge in [0.05, 0.1) is 12.6 Å². The number of nitrogens with one attached hydrogen (secondary N) is 2. The molecule has 1 fully saturated rings. The number of carboxylic acids is 1. The van der Waals surface area contributed by atoms with E-state index < -0.39 is 24.6 Å². The number of esters is 1. The van der Waals surface area contributed by atoms with E-state index >= 15 is 0 Å². The van der Waals surface area contributed by atoms with Crippen molar-refractivity contribution in [1.29, 1.82) is 0 Å². The van der Waals surface area contributed by atoms with Gasteiger partial charge in [-0.05, 0) is 69.7 Å². The molecule has 0 bridgehead atoms. The first-order valence-corrected chi connectivity index (χ1v) is 12.2. The van der Waals surface area contributed by atoms with Gasteiger partial charge in [-0.3, -0.25) is 24.6 Å². The molecule has 1 aromatic carbocycles. The molecule has 0 saturated carbocycles. The summed E-state index contributed by atoms with van der Waals surface area (Å²) in [5.41, 5.74) is 1.56. The standard InChI is InChI=1S/C25H37N3O5/c1-2-33-25(32)21(9-5-3-7-18-13-15-26-16-14-18)27-20-12-11-19-8-4-6-10-22(19)28(24(20)31)17-23(29)30/h4,6,8,10,18,20-21,26-27H,2-3,5,7,9,11-17H2,1H3,(H,29,30). The second-order valence-electron chi connectivity index (χ2n) is 8.99. The third-order valence-corrected chi connectivity index (χ3v) is 6.63. The van der Waals surface area contributed by atoms with Crippen LogP contribution in [0.3, 0.4) is 0 Å². The van der Waals surface area contributed by atoms with E-state index in [9.17, 15) is 19.5 Å². The van der Waals surface area contributed by atoms with Crippen LogP contribution in [-0.2, 0) is 25.5 Å². The van der Waals surface area contributed by atoms with Gasteiger partial charge < -0.3 is 15.2 Å². The Kier molecular flexibility index (Phi) is 9.69. The van der Waals surface area contributed by atoms with Gasteiger partial charge in [0.1, 0.15) is 12.6 Å². The van der Waals surface area contributed by atoms with Gasteiger partial charge >= 0.3 is 11.9 Å². The maximum absolute atomic E-state index is 13.3. The normalized spacial score (nSPS) is 20.1. The lowest BCUT2D eigenvalue weighted by molar-refractivity contribution is -0.146. The first-order chi connectivity index (χ1) is 16.0. The Bertz CT molecular complexity index is 809. The van der Waals surface area contributed by atoms with Crippen molar-refractivity contribution >= 4 is 23.5 Å². The van der Waals surface area contributed by atoms with E-state index in [-0.39, 0.29) is 18.5 Å². The number of hydrogen-bond donors (Lipinski definition) is 3. The van der Waals surface area contributed by atoms with Gasteiger partial charge in [0, 0.05) is 5.69 Å². The van der Waals surface area contributed by atoms with Crippen LogP contribution in [0, 0.1) is 5.92 Å². The summed E-state index contributed by atoms with van der Waals surface area (Å²) < 4.78 is 5.28. The summed E-state index contributed by atoms with van der Waals surface area (Å²) in [6, 6.07) is 6.17. The molecule has 3 N–H and O–H groups in total. The number of amides is 1. The topological polar surface area (TPSA) is 108 Å². The molecule has 0 aromatic heterocycles. The molecule has 3 rings (SSSR count). The van der Waals surface area contributed by atoms with Gasteiger partial charge in [0.2, 0.25) is 5.91 Å². The summed E-state index contributed by atoms with van der Waals surface area (Å²) in [5.74, 6) is -0.990. The largest absolute Gasteiger partial charge is 0.480 e. The van der Waals surface area contributed by atoms with Crippen molar-refractivity contribution in [2.24, 2.45) is 5.92 Å². The minimum Gasteiger partial charge on any atom is -0.480 e. The molecule has 8 heteroatoms. The van der Waals surface area contributed by atoms with Crippen molar-refractivity contribution < 1.29 is 24.2 Å². The lowest BCUT2D eigenvalue weighted by Gasteiger charge is -2.27. The van der Waals surface area contributed by atoms with E-state index in [4.69, 9.17) is 4.74 Å². The van der Waals surface area contributed by atoms with Crippen molar-refractivity contribution in [3.05, 3.63) is 29.8 Å². The summed E-state index contributed by atoms with van der Waals surface area (Å²) in [7, 11) is 0. The Hall–Kier alpha value is -2.45. The van der Waals surface area contributed by atoms with Gasteiger partial charge in [-0.15, -0.1) is 0 Å². The Morgan fingerprint density at radius 3 is 2.70 bits per heavy atom. The number of para-hydroxylation sites is 1. The Balaban J connectivity index is 1.65. The van der Waals surface area contributed by atoms with Crippen LogP contribution in [0.1, 0.15) is 57.4 Å². The predicted octanol–water partition coefficient (Wildman–Crippen LogP) is 2.50. The number of unbranched alkanes of at least 4 members (excludes halogenated alkanes) is 1. The lowest BCUT2D eigenvalue weighted by Crippen LogP contribution is -2.53. The van der Waals surface area contributed by atoms with Crippen LogP contribution in [0.5, 0.6) is 0 Å². The summed E-state index contributed by atoms with van der Waals surface area (Å²) >= 11 is 0. The maximum atomic E-state index is 13.3. The van der Waals surface area contributed by atoms with Gasteiger partial charge in [0.15, 0.2) is 0 Å². The molecule has 2 aliphatic heterocycles. The number of carboxylic acid groups (broad SMARTS) is 1. The summed E-state index contributed by atoms with van der Waals surface area (Å²) in [4.78, 5) is 38.8. The fraction of sp³-hybridized carbons (Fsp3) is 0.640. The maximum Gasteiger partial charge on any atom is 0.323 e. The van der Waals surface area contributed by atoms with E-state index in [0.29, 0.717) is 24.9 Å². The molecule has 1 aromatic rings. The molecule has 2 aliphatic rings. The zero-order valence-electron chi connectivity index (χ0n) is 19.6. The summed E-state index contributed by atoms with van der Waals surface area (Å²) in [5, 5.41) is 16.0. The minimum absolute atomic E-state index is 0.279. The highest BCUT2D eigenvalue weighted by Gasteiger charge is 2.34. The molecular weight excluding hydrogens is 422 g/mol. The van der Waals surface area contributed by atoms with Crippen molar-refractivity contribution in [3.63, 3.8) is 0 Å². The van der Waals surface area contributed by atoms with Crippen LogP contribution in [-0.4, -0.2) is 61.3 Å². The number of aliphatic carboxylic acids is 1. The second kappa shape index (κ2) is 12.7. The van der Waals surface area contributed by atoms with Crippen molar-refractivity contribution in [2.45, 2.75) is 70.4 Å². The number of fused-ring (bicyclic) bond motifs is 1. The monoisotopic (exact) mass is 459 g/mol. The average molecular weight is 460 g/mol. The fourth-order valence-corrected chi connectivity index (χ4v) is 4.88. The zero-order chi connectivity index (χ0) is 23.6. The van der Waals surface area contributed by atoms with Gasteiger partial charge in [-0.1, -0.05) is 37.5 Å². The van der Waals surface area contributed by atoms with Gasteiger partial charge in [0.25, 0.3) is 0 Å². The highest BCUT2D eigenvalue weighted by molar-refractivity contribution is 6.02. The number of ether oxygens (including phenoxy) is 1. The number of anilines is 1. The molecule has 0 aliphatic carbocycles. The van der Waals surface area contributed by atoms with Crippen LogP contribution in [0.4, 0.5) is 5.69 Å². The highest BCUT2D eigenvalue weighted by atomic mass is 16.5. The molecule has 2 unspecified atom stereocenters. The number of rotatable bonds is 11. The van der Waals surface area contributed by atoms with E-state index in [1.54, 1.807) is 19.1 Å². The van der Waals surface area contributed by atoms with E-state index in [1.807, 2.05) is 12.1 Å². The number of aryl methyl sites for hydroxylation is 1. The molecule has 2 atom stereocenters. The molecule has 0 spiro atoms. The predicted molar refractivity (Wildman–Crippen MR) is 126 cm³/mol. The minimum atomic E-state index is -1.07. The van der Waals surface area contributed by atoms with E-state index in [2.05, 4.69) is 10.6 Å². The van der Waals surface area contributed by atoms with Crippen molar-refractivity contribution in [3.8, 4) is 0 Å². The second-order valence-corrected chi connectivity index (χ2v) is 8.99. The molecule has 33 heavy (non-hydrogen) atoms. The number of piperidine rings is 1. The van der Waals surface area contributed by atoms with Crippen LogP contribution < -0.4 is 15.5 Å².